The molecule has 6 heteroatoms. The van der Waals surface area contributed by atoms with Gasteiger partial charge in [-0.25, -0.2) is 0 Å². The molecule has 2 atom stereocenters. The smallest absolute Gasteiger partial charge is 0.152 e. The van der Waals surface area contributed by atoms with E-state index >= 15 is 0 Å². The Kier molecular flexibility index (Phi) is 4.92. The maximum atomic E-state index is 6.17. The van der Waals surface area contributed by atoms with Crippen LogP contribution in [-0.4, -0.2) is 43.3 Å². The Bertz CT molecular complexity index is 809. The molecule has 142 valence electrons. The van der Waals surface area contributed by atoms with E-state index in [0.29, 0.717) is 12.1 Å². The van der Waals surface area contributed by atoms with Crippen LogP contribution in [0.2, 0.25) is 0 Å². The Morgan fingerprint density at radius 1 is 0.926 bits per heavy atom. The van der Waals surface area contributed by atoms with Gasteiger partial charge in [0, 0.05) is 28.1 Å². The second kappa shape index (κ2) is 7.39. The summed E-state index contributed by atoms with van der Waals surface area (Å²) in [6.07, 6.45) is 4.08. The van der Waals surface area contributed by atoms with Gasteiger partial charge in [0.1, 0.15) is 0 Å². The predicted molar refractivity (Wildman–Crippen MR) is 114 cm³/mol. The van der Waals surface area contributed by atoms with Crippen molar-refractivity contribution in [2.75, 3.05) is 31.1 Å². The number of unbranched alkanes of at least 4 members (excludes halogenated alkanes) is 1. The summed E-state index contributed by atoms with van der Waals surface area (Å²) in [5.74, 6) is 1.81. The first kappa shape index (κ1) is 18.0. The van der Waals surface area contributed by atoms with Crippen molar-refractivity contribution in [3.63, 3.8) is 0 Å². The number of benzene rings is 2. The van der Waals surface area contributed by atoms with E-state index in [1.807, 2.05) is 12.1 Å². The lowest BCUT2D eigenvalue weighted by Gasteiger charge is -2.33. The highest BCUT2D eigenvalue weighted by molar-refractivity contribution is 9.10. The number of ether oxygens (including phenoxy) is 2. The molecule has 5 rings (SSSR count). The first-order chi connectivity index (χ1) is 13.2. The zero-order valence-electron chi connectivity index (χ0n) is 15.0. The summed E-state index contributed by atoms with van der Waals surface area (Å²) in [5, 5.41) is 0. The van der Waals surface area contributed by atoms with Crippen LogP contribution < -0.4 is 9.64 Å². The standard InChI is InChI=1S/C21H22Br2N2O2/c22-14-3-5-18-20(9-14)27-21-10-15(23)4-6-19(21)25(18)8-2-1-7-24-12-17-11-16(24)13-26-17/h3-6,9-10,16-17H,1-2,7-8,11-13H2/t16-,17-/m1/s1. The largest absolute Gasteiger partial charge is 0.453 e. The van der Waals surface area contributed by atoms with Crippen LogP contribution in [-0.2, 0) is 4.74 Å². The fraction of sp³-hybridized carbons (Fsp3) is 0.429. The average Bonchev–Trinajstić information content (AvgIpc) is 3.27. The van der Waals surface area contributed by atoms with Crippen molar-refractivity contribution in [3.05, 3.63) is 45.3 Å². The minimum Gasteiger partial charge on any atom is -0.453 e. The van der Waals surface area contributed by atoms with Gasteiger partial charge in [-0.3, -0.25) is 4.90 Å². The second-order valence-electron chi connectivity index (χ2n) is 7.52. The molecule has 4 nitrogen and oxygen atoms in total. The van der Waals surface area contributed by atoms with Crippen molar-refractivity contribution in [3.8, 4) is 11.5 Å². The summed E-state index contributed by atoms with van der Waals surface area (Å²) >= 11 is 7.12. The summed E-state index contributed by atoms with van der Waals surface area (Å²) < 4.78 is 13.9. The Morgan fingerprint density at radius 2 is 1.59 bits per heavy atom. The van der Waals surface area contributed by atoms with Crippen LogP contribution in [0, 0.1) is 0 Å². The molecule has 3 aliphatic heterocycles. The molecule has 2 fully saturated rings. The van der Waals surface area contributed by atoms with Gasteiger partial charge in [-0.05, 0) is 62.2 Å². The minimum absolute atomic E-state index is 0.491. The molecule has 0 N–H and O–H groups in total. The lowest BCUT2D eigenvalue weighted by molar-refractivity contribution is 0.0301. The molecule has 27 heavy (non-hydrogen) atoms. The molecule has 3 heterocycles. The maximum Gasteiger partial charge on any atom is 0.152 e. The van der Waals surface area contributed by atoms with Crippen LogP contribution in [0.5, 0.6) is 11.5 Å². The third-order valence-corrected chi connectivity index (χ3v) is 6.72. The lowest BCUT2D eigenvalue weighted by atomic mass is 10.1. The SMILES string of the molecule is Brc1ccc2c(c1)Oc1cc(Br)ccc1N2CCCCN1C[C@H]2C[C@@H]1CO2. The normalized spacial score (nSPS) is 23.3. The fourth-order valence-electron chi connectivity index (χ4n) is 4.41. The average molecular weight is 494 g/mol. The number of morpholine rings is 1. The zero-order valence-corrected chi connectivity index (χ0v) is 18.2. The highest BCUT2D eigenvalue weighted by atomic mass is 79.9. The topological polar surface area (TPSA) is 24.9 Å². The van der Waals surface area contributed by atoms with Gasteiger partial charge < -0.3 is 14.4 Å². The van der Waals surface area contributed by atoms with Crippen LogP contribution in [0.3, 0.4) is 0 Å². The number of likely N-dealkylation sites (tertiary alicyclic amines) is 1. The molecular weight excluding hydrogens is 472 g/mol. The highest BCUT2D eigenvalue weighted by Gasteiger charge is 2.38. The van der Waals surface area contributed by atoms with Gasteiger partial charge in [0.25, 0.3) is 0 Å². The number of fused-ring (bicyclic) bond motifs is 4. The molecule has 0 saturated carbocycles. The monoisotopic (exact) mass is 492 g/mol. The third kappa shape index (κ3) is 3.53. The van der Waals surface area contributed by atoms with Gasteiger partial charge in [0.15, 0.2) is 11.5 Å². The van der Waals surface area contributed by atoms with E-state index in [9.17, 15) is 0 Å². The van der Waals surface area contributed by atoms with Gasteiger partial charge in [-0.2, -0.15) is 0 Å². The number of rotatable bonds is 5. The number of hydrogen-bond donors (Lipinski definition) is 0. The Morgan fingerprint density at radius 3 is 2.19 bits per heavy atom. The van der Waals surface area contributed by atoms with Crippen LogP contribution in [0.1, 0.15) is 19.3 Å². The first-order valence-corrected chi connectivity index (χ1v) is 11.2. The lowest BCUT2D eigenvalue weighted by Crippen LogP contribution is -2.37. The molecule has 0 unspecified atom stereocenters. The van der Waals surface area contributed by atoms with Crippen LogP contribution >= 0.6 is 31.9 Å². The summed E-state index contributed by atoms with van der Waals surface area (Å²) in [7, 11) is 0. The van der Waals surface area contributed by atoms with E-state index in [2.05, 4.69) is 65.9 Å². The van der Waals surface area contributed by atoms with Crippen LogP contribution in [0.15, 0.2) is 45.3 Å². The first-order valence-electron chi connectivity index (χ1n) is 9.57. The Labute approximate surface area is 176 Å². The molecule has 0 aliphatic carbocycles. The summed E-state index contributed by atoms with van der Waals surface area (Å²) in [6.45, 7) is 4.22. The fourth-order valence-corrected chi connectivity index (χ4v) is 5.09. The number of halogens is 2. The molecule has 2 saturated heterocycles. The van der Waals surface area contributed by atoms with Crippen molar-refractivity contribution < 1.29 is 9.47 Å². The molecule has 2 aromatic rings. The Balaban J connectivity index is 1.29. The highest BCUT2D eigenvalue weighted by Crippen LogP contribution is 2.48. The van der Waals surface area contributed by atoms with Crippen LogP contribution in [0.25, 0.3) is 0 Å². The maximum absolute atomic E-state index is 6.17. The molecule has 3 aliphatic rings. The molecule has 0 spiro atoms. The summed E-state index contributed by atoms with van der Waals surface area (Å²) in [4.78, 5) is 5.01. The van der Waals surface area contributed by atoms with E-state index < -0.39 is 0 Å². The van der Waals surface area contributed by atoms with E-state index in [1.54, 1.807) is 0 Å². The molecule has 0 radical (unpaired) electrons. The number of hydrogen-bond acceptors (Lipinski definition) is 4. The van der Waals surface area contributed by atoms with Crippen molar-refractivity contribution in [1.82, 2.24) is 4.90 Å². The molecular formula is C21H22Br2N2O2. The van der Waals surface area contributed by atoms with Gasteiger partial charge in [-0.1, -0.05) is 31.9 Å². The van der Waals surface area contributed by atoms with Crippen molar-refractivity contribution >= 4 is 43.2 Å². The predicted octanol–water partition coefficient (Wildman–Crippen LogP) is 5.71. The van der Waals surface area contributed by atoms with E-state index in [4.69, 9.17) is 9.47 Å². The van der Waals surface area contributed by atoms with Gasteiger partial charge in [0.05, 0.1) is 24.1 Å². The summed E-state index contributed by atoms with van der Waals surface area (Å²) in [6, 6.07) is 13.2. The van der Waals surface area contributed by atoms with E-state index in [0.717, 1.165) is 57.9 Å². The number of nitrogens with zero attached hydrogens (tertiary/aromatic N) is 2. The molecule has 0 amide bonds. The van der Waals surface area contributed by atoms with Gasteiger partial charge >= 0.3 is 0 Å². The Hall–Kier alpha value is -1.08. The van der Waals surface area contributed by atoms with E-state index in [1.165, 1.54) is 19.4 Å². The summed E-state index contributed by atoms with van der Waals surface area (Å²) in [5.41, 5.74) is 2.28. The minimum atomic E-state index is 0.491. The van der Waals surface area contributed by atoms with E-state index in [-0.39, 0.29) is 0 Å². The van der Waals surface area contributed by atoms with Gasteiger partial charge in [0.2, 0.25) is 0 Å². The quantitative estimate of drug-likeness (QED) is 0.498. The van der Waals surface area contributed by atoms with Crippen molar-refractivity contribution in [1.29, 1.82) is 0 Å². The number of anilines is 2. The van der Waals surface area contributed by atoms with Gasteiger partial charge in [-0.15, -0.1) is 0 Å². The van der Waals surface area contributed by atoms with Crippen LogP contribution in [0.4, 0.5) is 11.4 Å². The molecule has 0 aromatic heterocycles. The van der Waals surface area contributed by atoms with Crippen molar-refractivity contribution in [2.24, 2.45) is 0 Å². The molecule has 2 aromatic carbocycles. The zero-order chi connectivity index (χ0) is 18.4. The van der Waals surface area contributed by atoms with Crippen molar-refractivity contribution in [2.45, 2.75) is 31.4 Å². The third-order valence-electron chi connectivity index (χ3n) is 5.74. The second-order valence-corrected chi connectivity index (χ2v) is 9.36. The molecule has 2 bridgehead atoms.